The SMILES string of the molecule is Cc1nc(C(NC(C)C)c2cc(F)ccc2Br)sc1C. The van der Waals surface area contributed by atoms with E-state index in [1.807, 2.05) is 6.92 Å². The maximum absolute atomic E-state index is 13.6. The minimum absolute atomic E-state index is 0.0996. The molecule has 0 radical (unpaired) electrons. The summed E-state index contributed by atoms with van der Waals surface area (Å²) < 4.78 is 14.5. The highest BCUT2D eigenvalue weighted by Gasteiger charge is 2.22. The molecule has 108 valence electrons. The fourth-order valence-electron chi connectivity index (χ4n) is 1.98. The van der Waals surface area contributed by atoms with Gasteiger partial charge in [0, 0.05) is 15.4 Å². The van der Waals surface area contributed by atoms with Crippen LogP contribution in [0.1, 0.15) is 41.0 Å². The second-order valence-electron chi connectivity index (χ2n) is 5.11. The van der Waals surface area contributed by atoms with E-state index in [4.69, 9.17) is 0 Å². The fourth-order valence-corrected chi connectivity index (χ4v) is 3.46. The molecule has 0 spiro atoms. The average Bonchev–Trinajstić information content (AvgIpc) is 2.69. The Morgan fingerprint density at radius 3 is 2.55 bits per heavy atom. The molecule has 1 unspecified atom stereocenters. The standard InChI is InChI=1S/C15H18BrFN2S/c1-8(2)18-14(15-19-9(3)10(4)20-15)12-7-11(17)5-6-13(12)16/h5-8,14,18H,1-4H3. The molecule has 0 bridgehead atoms. The molecule has 1 heterocycles. The number of rotatable bonds is 4. The van der Waals surface area contributed by atoms with E-state index < -0.39 is 0 Å². The lowest BCUT2D eigenvalue weighted by Gasteiger charge is -2.21. The Kier molecular flexibility index (Phi) is 4.94. The molecular weight excluding hydrogens is 339 g/mol. The van der Waals surface area contributed by atoms with E-state index in [2.05, 4.69) is 47.0 Å². The topological polar surface area (TPSA) is 24.9 Å². The van der Waals surface area contributed by atoms with Gasteiger partial charge in [-0.15, -0.1) is 11.3 Å². The second-order valence-corrected chi connectivity index (χ2v) is 7.20. The first kappa shape index (κ1) is 15.6. The highest BCUT2D eigenvalue weighted by Crippen LogP contribution is 2.33. The van der Waals surface area contributed by atoms with Crippen molar-refractivity contribution in [1.29, 1.82) is 0 Å². The fraction of sp³-hybridized carbons (Fsp3) is 0.400. The zero-order chi connectivity index (χ0) is 14.9. The monoisotopic (exact) mass is 356 g/mol. The zero-order valence-electron chi connectivity index (χ0n) is 12.0. The number of hydrogen-bond acceptors (Lipinski definition) is 3. The molecular formula is C15H18BrFN2S. The summed E-state index contributed by atoms with van der Waals surface area (Å²) in [5.41, 5.74) is 1.92. The Balaban J connectivity index is 2.49. The largest absolute Gasteiger partial charge is 0.302 e. The van der Waals surface area contributed by atoms with Crippen molar-refractivity contribution in [3.63, 3.8) is 0 Å². The van der Waals surface area contributed by atoms with E-state index in [0.29, 0.717) is 0 Å². The Labute approximate surface area is 131 Å². The number of thiazole rings is 1. The Morgan fingerprint density at radius 2 is 2.00 bits per heavy atom. The zero-order valence-corrected chi connectivity index (χ0v) is 14.4. The molecule has 1 atom stereocenters. The van der Waals surface area contributed by atoms with Gasteiger partial charge >= 0.3 is 0 Å². The van der Waals surface area contributed by atoms with E-state index in [0.717, 1.165) is 20.7 Å². The summed E-state index contributed by atoms with van der Waals surface area (Å²) in [5.74, 6) is -0.233. The normalized spacial score (nSPS) is 12.9. The van der Waals surface area contributed by atoms with Gasteiger partial charge in [-0.1, -0.05) is 15.9 Å². The van der Waals surface area contributed by atoms with Crippen molar-refractivity contribution in [2.24, 2.45) is 0 Å². The minimum Gasteiger partial charge on any atom is -0.302 e. The Morgan fingerprint density at radius 1 is 1.30 bits per heavy atom. The van der Waals surface area contributed by atoms with Crippen LogP contribution in [0.5, 0.6) is 0 Å². The molecule has 20 heavy (non-hydrogen) atoms. The number of halogens is 2. The van der Waals surface area contributed by atoms with E-state index in [1.54, 1.807) is 23.5 Å². The van der Waals surface area contributed by atoms with Crippen LogP contribution in [0, 0.1) is 19.7 Å². The summed E-state index contributed by atoms with van der Waals surface area (Å²) in [6.45, 7) is 8.22. The molecule has 0 aliphatic heterocycles. The smallest absolute Gasteiger partial charge is 0.123 e. The van der Waals surface area contributed by atoms with Crippen LogP contribution in [-0.2, 0) is 0 Å². The summed E-state index contributed by atoms with van der Waals surface area (Å²) in [4.78, 5) is 5.82. The van der Waals surface area contributed by atoms with Crippen LogP contribution in [0.2, 0.25) is 0 Å². The molecule has 0 aliphatic carbocycles. The molecule has 0 fully saturated rings. The first-order valence-electron chi connectivity index (χ1n) is 6.53. The Bertz CT molecular complexity index is 590. The summed E-state index contributed by atoms with van der Waals surface area (Å²) in [7, 11) is 0. The van der Waals surface area contributed by atoms with Crippen molar-refractivity contribution >= 4 is 27.3 Å². The average molecular weight is 357 g/mol. The van der Waals surface area contributed by atoms with Crippen molar-refractivity contribution in [2.45, 2.75) is 39.8 Å². The quantitative estimate of drug-likeness (QED) is 0.854. The number of aryl methyl sites for hydroxylation is 2. The number of hydrogen-bond donors (Lipinski definition) is 1. The predicted octanol–water partition coefficient (Wildman–Crippen LogP) is 4.75. The molecule has 5 heteroatoms. The molecule has 2 nitrogen and oxygen atoms in total. The highest BCUT2D eigenvalue weighted by atomic mass is 79.9. The van der Waals surface area contributed by atoms with Crippen molar-refractivity contribution < 1.29 is 4.39 Å². The summed E-state index contributed by atoms with van der Waals surface area (Å²) in [5, 5.41) is 4.44. The first-order chi connectivity index (χ1) is 9.38. The summed E-state index contributed by atoms with van der Waals surface area (Å²) in [6, 6.07) is 4.94. The van der Waals surface area contributed by atoms with E-state index >= 15 is 0 Å². The molecule has 2 rings (SSSR count). The van der Waals surface area contributed by atoms with E-state index in [-0.39, 0.29) is 17.9 Å². The van der Waals surface area contributed by atoms with Crippen LogP contribution in [0.15, 0.2) is 22.7 Å². The van der Waals surface area contributed by atoms with Gasteiger partial charge in [0.25, 0.3) is 0 Å². The van der Waals surface area contributed by atoms with Crippen LogP contribution in [0.25, 0.3) is 0 Å². The molecule has 0 saturated carbocycles. The molecule has 1 aromatic carbocycles. The maximum Gasteiger partial charge on any atom is 0.123 e. The first-order valence-corrected chi connectivity index (χ1v) is 8.14. The van der Waals surface area contributed by atoms with Crippen LogP contribution in [-0.4, -0.2) is 11.0 Å². The van der Waals surface area contributed by atoms with E-state index in [1.165, 1.54) is 10.9 Å². The van der Waals surface area contributed by atoms with Crippen LogP contribution < -0.4 is 5.32 Å². The van der Waals surface area contributed by atoms with Gasteiger partial charge in [-0.05, 0) is 51.5 Å². The van der Waals surface area contributed by atoms with Gasteiger partial charge in [0.1, 0.15) is 10.8 Å². The van der Waals surface area contributed by atoms with Gasteiger partial charge in [-0.2, -0.15) is 0 Å². The molecule has 2 aromatic rings. The van der Waals surface area contributed by atoms with Gasteiger partial charge in [0.15, 0.2) is 0 Å². The van der Waals surface area contributed by atoms with Gasteiger partial charge in [0.05, 0.1) is 11.7 Å². The third-order valence-electron chi connectivity index (χ3n) is 3.06. The Hall–Kier alpha value is -0.780. The van der Waals surface area contributed by atoms with Crippen LogP contribution in [0.3, 0.4) is 0 Å². The van der Waals surface area contributed by atoms with Crippen molar-refractivity contribution in [1.82, 2.24) is 10.3 Å². The lowest BCUT2D eigenvalue weighted by atomic mass is 10.1. The van der Waals surface area contributed by atoms with Crippen LogP contribution in [0.4, 0.5) is 4.39 Å². The lowest BCUT2D eigenvalue weighted by molar-refractivity contribution is 0.521. The number of nitrogens with zero attached hydrogens (tertiary/aromatic N) is 1. The van der Waals surface area contributed by atoms with Crippen LogP contribution >= 0.6 is 27.3 Å². The predicted molar refractivity (Wildman–Crippen MR) is 85.8 cm³/mol. The number of benzene rings is 1. The third kappa shape index (κ3) is 3.45. The molecule has 1 N–H and O–H groups in total. The summed E-state index contributed by atoms with van der Waals surface area (Å²) >= 11 is 5.17. The summed E-state index contributed by atoms with van der Waals surface area (Å²) in [6.07, 6.45) is 0. The molecule has 1 aromatic heterocycles. The highest BCUT2D eigenvalue weighted by molar-refractivity contribution is 9.10. The minimum atomic E-state index is -0.233. The molecule has 0 aliphatic rings. The number of nitrogens with one attached hydrogen (secondary N) is 1. The van der Waals surface area contributed by atoms with Gasteiger partial charge < -0.3 is 5.32 Å². The van der Waals surface area contributed by atoms with Gasteiger partial charge in [-0.25, -0.2) is 9.37 Å². The number of aromatic nitrogens is 1. The van der Waals surface area contributed by atoms with Crippen molar-refractivity contribution in [2.75, 3.05) is 0 Å². The van der Waals surface area contributed by atoms with Gasteiger partial charge in [-0.3, -0.25) is 0 Å². The maximum atomic E-state index is 13.6. The van der Waals surface area contributed by atoms with Crippen molar-refractivity contribution in [3.05, 3.63) is 49.6 Å². The second kappa shape index (κ2) is 6.33. The lowest BCUT2D eigenvalue weighted by Crippen LogP contribution is -2.29. The van der Waals surface area contributed by atoms with Gasteiger partial charge in [0.2, 0.25) is 0 Å². The molecule has 0 amide bonds. The molecule has 0 saturated heterocycles. The third-order valence-corrected chi connectivity index (χ3v) is 4.92. The van der Waals surface area contributed by atoms with Crippen molar-refractivity contribution in [3.8, 4) is 0 Å². The van der Waals surface area contributed by atoms with E-state index in [9.17, 15) is 4.39 Å².